The first-order valence-electron chi connectivity index (χ1n) is 6.55. The maximum atomic E-state index is 11.4. The molecule has 0 saturated heterocycles. The van der Waals surface area contributed by atoms with Gasteiger partial charge in [-0.3, -0.25) is 0 Å². The molecule has 21 heavy (non-hydrogen) atoms. The lowest BCUT2D eigenvalue weighted by Crippen LogP contribution is -2.24. The van der Waals surface area contributed by atoms with Gasteiger partial charge >= 0.3 is 0 Å². The van der Waals surface area contributed by atoms with Gasteiger partial charge in [-0.25, -0.2) is 8.42 Å². The fraction of sp³-hybridized carbons (Fsp3) is 0.538. The van der Waals surface area contributed by atoms with Crippen molar-refractivity contribution in [2.75, 3.05) is 13.3 Å². The monoisotopic (exact) mass is 329 g/mol. The molecular formula is C13H19N3O3S2. The van der Waals surface area contributed by atoms with Gasteiger partial charge in [0.1, 0.15) is 0 Å². The topological polar surface area (TPSA) is 85.1 Å². The Labute approximate surface area is 128 Å². The summed E-state index contributed by atoms with van der Waals surface area (Å²) in [5.41, 5.74) is 0.792. The second kappa shape index (κ2) is 6.25. The average molecular weight is 329 g/mol. The van der Waals surface area contributed by atoms with Crippen molar-refractivity contribution < 1.29 is 12.9 Å². The van der Waals surface area contributed by atoms with E-state index in [0.29, 0.717) is 18.1 Å². The van der Waals surface area contributed by atoms with Crippen LogP contribution in [0.2, 0.25) is 0 Å². The maximum absolute atomic E-state index is 11.4. The minimum absolute atomic E-state index is 0.0348. The molecule has 0 aliphatic rings. The van der Waals surface area contributed by atoms with E-state index >= 15 is 0 Å². The molecule has 1 unspecified atom stereocenters. The minimum atomic E-state index is -3.05. The number of nitrogens with zero attached hydrogens (tertiary/aromatic N) is 2. The Kier molecular flexibility index (Phi) is 4.80. The van der Waals surface area contributed by atoms with Crippen LogP contribution in [0.4, 0.5) is 0 Å². The smallest absolute Gasteiger partial charge is 0.268 e. The first kappa shape index (κ1) is 16.1. The number of hydrogen-bond acceptors (Lipinski definition) is 7. The molecule has 1 atom stereocenters. The summed E-state index contributed by atoms with van der Waals surface area (Å²) in [5, 5.41) is 7.07. The van der Waals surface area contributed by atoms with Crippen molar-refractivity contribution in [3.05, 3.63) is 22.3 Å². The molecule has 8 heteroatoms. The van der Waals surface area contributed by atoms with E-state index in [1.54, 1.807) is 0 Å². The second-order valence-electron chi connectivity index (χ2n) is 5.17. The van der Waals surface area contributed by atoms with E-state index in [4.69, 9.17) is 4.52 Å². The van der Waals surface area contributed by atoms with E-state index in [-0.39, 0.29) is 11.8 Å². The Bertz CT molecular complexity index is 719. The van der Waals surface area contributed by atoms with Crippen LogP contribution in [-0.4, -0.2) is 37.9 Å². The van der Waals surface area contributed by atoms with Gasteiger partial charge in [0.15, 0.2) is 15.7 Å². The summed E-state index contributed by atoms with van der Waals surface area (Å²) in [7, 11) is -1.17. The van der Waals surface area contributed by atoms with Gasteiger partial charge in [0, 0.05) is 23.6 Å². The molecule has 0 spiro atoms. The van der Waals surface area contributed by atoms with Crippen LogP contribution in [0.25, 0.3) is 10.8 Å². The highest BCUT2D eigenvalue weighted by atomic mass is 32.2. The number of rotatable bonds is 6. The molecule has 0 fully saturated rings. The molecule has 1 N–H and O–H groups in total. The van der Waals surface area contributed by atoms with Gasteiger partial charge in [-0.1, -0.05) is 5.16 Å². The number of aryl methyl sites for hydroxylation is 1. The summed E-state index contributed by atoms with van der Waals surface area (Å²) in [6, 6.07) is 2.08. The number of aromatic nitrogens is 2. The molecule has 6 nitrogen and oxygen atoms in total. The zero-order valence-corrected chi connectivity index (χ0v) is 14.1. The van der Waals surface area contributed by atoms with Crippen LogP contribution in [0.1, 0.15) is 23.2 Å². The van der Waals surface area contributed by atoms with Gasteiger partial charge in [0.2, 0.25) is 0 Å². The first-order chi connectivity index (χ1) is 9.78. The molecule has 0 aliphatic carbocycles. The normalized spacial score (nSPS) is 13.5. The van der Waals surface area contributed by atoms with Crippen molar-refractivity contribution in [3.63, 3.8) is 0 Å². The molecule has 0 bridgehead atoms. The lowest BCUT2D eigenvalue weighted by Gasteiger charge is -2.04. The van der Waals surface area contributed by atoms with Crippen molar-refractivity contribution in [1.82, 2.24) is 15.5 Å². The van der Waals surface area contributed by atoms with E-state index in [9.17, 15) is 8.42 Å². The Morgan fingerprint density at radius 2 is 2.19 bits per heavy atom. The number of thiophene rings is 1. The molecule has 0 radical (unpaired) electrons. The number of sulfone groups is 1. The third-order valence-corrected chi connectivity index (χ3v) is 5.01. The average Bonchev–Trinajstić information content (AvgIpc) is 2.95. The quantitative estimate of drug-likeness (QED) is 0.870. The van der Waals surface area contributed by atoms with E-state index < -0.39 is 9.84 Å². The Hall–Kier alpha value is -1.25. The number of hydrogen-bond donors (Lipinski definition) is 1. The van der Waals surface area contributed by atoms with Crippen molar-refractivity contribution in [2.24, 2.45) is 0 Å². The Morgan fingerprint density at radius 1 is 1.48 bits per heavy atom. The zero-order valence-electron chi connectivity index (χ0n) is 12.5. The van der Waals surface area contributed by atoms with Crippen LogP contribution in [0.5, 0.6) is 0 Å². The van der Waals surface area contributed by atoms with E-state index in [1.165, 1.54) is 17.6 Å². The summed E-state index contributed by atoms with van der Waals surface area (Å²) in [4.78, 5) is 6.13. The van der Waals surface area contributed by atoms with Crippen LogP contribution in [0, 0.1) is 6.92 Å². The largest absolute Gasteiger partial charge is 0.333 e. The summed E-state index contributed by atoms with van der Waals surface area (Å²) in [5.74, 6) is 1.12. The highest BCUT2D eigenvalue weighted by Gasteiger charge is 2.17. The highest BCUT2D eigenvalue weighted by Crippen LogP contribution is 2.31. The van der Waals surface area contributed by atoms with Gasteiger partial charge in [0.25, 0.3) is 5.89 Å². The Balaban J connectivity index is 2.21. The van der Waals surface area contributed by atoms with Crippen molar-refractivity contribution >= 4 is 21.2 Å². The van der Waals surface area contributed by atoms with Crippen molar-refractivity contribution in [3.8, 4) is 10.8 Å². The molecule has 0 aromatic carbocycles. The predicted octanol–water partition coefficient (Wildman–Crippen LogP) is 1.80. The molecule has 0 amide bonds. The van der Waals surface area contributed by atoms with Gasteiger partial charge in [-0.05, 0) is 32.5 Å². The predicted molar refractivity (Wildman–Crippen MR) is 83.1 cm³/mol. The standard InChI is InChI=1S/C13H19N3O3S2/c1-8(14-3)5-12-15-13(19-16-12)11-6-10(9(2)20-11)7-21(4,17)18/h6,8,14H,5,7H2,1-4H3. The maximum Gasteiger partial charge on any atom is 0.268 e. The third kappa shape index (κ3) is 4.36. The van der Waals surface area contributed by atoms with Crippen molar-refractivity contribution in [1.29, 1.82) is 0 Å². The molecule has 2 heterocycles. The van der Waals surface area contributed by atoms with Gasteiger partial charge in [0.05, 0.1) is 10.6 Å². The van der Waals surface area contributed by atoms with Gasteiger partial charge in [-0.15, -0.1) is 11.3 Å². The molecular weight excluding hydrogens is 310 g/mol. The lowest BCUT2D eigenvalue weighted by atomic mass is 10.2. The molecule has 116 valence electrons. The van der Waals surface area contributed by atoms with Crippen LogP contribution >= 0.6 is 11.3 Å². The number of likely N-dealkylation sites (N-methyl/N-ethyl adjacent to an activating group) is 1. The van der Waals surface area contributed by atoms with E-state index in [2.05, 4.69) is 15.5 Å². The number of nitrogens with one attached hydrogen (secondary N) is 1. The molecule has 2 aromatic heterocycles. The first-order valence-corrected chi connectivity index (χ1v) is 9.43. The minimum Gasteiger partial charge on any atom is -0.333 e. The molecule has 0 aliphatic heterocycles. The van der Waals surface area contributed by atoms with Crippen LogP contribution in [-0.2, 0) is 22.0 Å². The van der Waals surface area contributed by atoms with Gasteiger partial charge in [-0.2, -0.15) is 4.98 Å². The highest BCUT2D eigenvalue weighted by molar-refractivity contribution is 7.89. The SMILES string of the molecule is CNC(C)Cc1noc(-c2cc(CS(C)(=O)=O)c(C)s2)n1. The third-order valence-electron chi connectivity index (χ3n) is 3.10. The molecule has 2 rings (SSSR count). The van der Waals surface area contributed by atoms with E-state index in [0.717, 1.165) is 15.3 Å². The van der Waals surface area contributed by atoms with Crippen molar-refractivity contribution in [2.45, 2.75) is 32.1 Å². The summed E-state index contributed by atoms with van der Waals surface area (Å²) in [6.45, 7) is 3.94. The fourth-order valence-electron chi connectivity index (χ4n) is 1.86. The second-order valence-corrected chi connectivity index (χ2v) is 8.57. The van der Waals surface area contributed by atoms with E-state index in [1.807, 2.05) is 27.0 Å². The Morgan fingerprint density at radius 3 is 2.81 bits per heavy atom. The van der Waals surface area contributed by atoms with Crippen LogP contribution in [0.3, 0.4) is 0 Å². The van der Waals surface area contributed by atoms with Crippen LogP contribution in [0.15, 0.2) is 10.6 Å². The summed E-state index contributed by atoms with van der Waals surface area (Å²) >= 11 is 1.47. The molecule has 2 aromatic rings. The summed E-state index contributed by atoms with van der Waals surface area (Å²) < 4.78 is 28.1. The lowest BCUT2D eigenvalue weighted by molar-refractivity contribution is 0.419. The fourth-order valence-corrected chi connectivity index (χ4v) is 3.78. The zero-order chi connectivity index (χ0) is 15.6. The van der Waals surface area contributed by atoms with Gasteiger partial charge < -0.3 is 9.84 Å². The molecule has 0 saturated carbocycles. The van der Waals surface area contributed by atoms with Crippen LogP contribution < -0.4 is 5.32 Å². The summed E-state index contributed by atoms with van der Waals surface area (Å²) in [6.07, 6.45) is 1.91.